The van der Waals surface area contributed by atoms with E-state index in [2.05, 4.69) is 23.7 Å². The van der Waals surface area contributed by atoms with Crippen LogP contribution in [0.2, 0.25) is 0 Å². The van der Waals surface area contributed by atoms with E-state index in [4.69, 9.17) is 14.5 Å². The van der Waals surface area contributed by atoms with Gasteiger partial charge in [0.2, 0.25) is 10.0 Å². The van der Waals surface area contributed by atoms with Gasteiger partial charge in [-0.2, -0.15) is 0 Å². The van der Waals surface area contributed by atoms with Crippen molar-refractivity contribution in [3.8, 4) is 17.4 Å². The number of aromatic amines is 1. The van der Waals surface area contributed by atoms with E-state index >= 15 is 0 Å². The van der Waals surface area contributed by atoms with E-state index in [-0.39, 0.29) is 5.88 Å². The number of nitrogens with zero attached hydrogens (tertiary/aromatic N) is 3. The van der Waals surface area contributed by atoms with Crippen LogP contribution in [0.3, 0.4) is 0 Å². The van der Waals surface area contributed by atoms with Crippen molar-refractivity contribution in [2.75, 3.05) is 51.0 Å². The van der Waals surface area contributed by atoms with Gasteiger partial charge in [0, 0.05) is 30.1 Å². The molecule has 0 saturated carbocycles. The molecular formula is C30H36N4O5S. The van der Waals surface area contributed by atoms with Crippen LogP contribution < -0.4 is 13.8 Å². The highest BCUT2D eigenvalue weighted by molar-refractivity contribution is 7.92. The number of ether oxygens (including phenoxy) is 2. The number of nitrogens with one attached hydrogen (secondary N) is 1. The molecule has 0 aliphatic rings. The highest BCUT2D eigenvalue weighted by Crippen LogP contribution is 2.38. The predicted octanol–water partition coefficient (Wildman–Crippen LogP) is 5.17. The Morgan fingerprint density at radius 3 is 2.12 bits per heavy atom. The van der Waals surface area contributed by atoms with E-state index in [1.807, 2.05) is 30.3 Å². The fraction of sp³-hybridized carbons (Fsp3) is 0.300. The van der Waals surface area contributed by atoms with Crippen LogP contribution in [0.5, 0.6) is 17.4 Å². The summed E-state index contributed by atoms with van der Waals surface area (Å²) in [5.74, 6) is 1.02. The summed E-state index contributed by atoms with van der Waals surface area (Å²) in [6.07, 6.45) is 1.22. The Labute approximate surface area is 235 Å². The minimum atomic E-state index is -3.48. The first kappa shape index (κ1) is 29.0. The molecule has 1 heterocycles. The van der Waals surface area contributed by atoms with E-state index in [1.54, 1.807) is 50.6 Å². The average Bonchev–Trinajstić information content (AvgIpc) is 3.27. The molecule has 0 spiro atoms. The summed E-state index contributed by atoms with van der Waals surface area (Å²) in [5, 5.41) is 11.7. The lowest BCUT2D eigenvalue weighted by Gasteiger charge is -2.26. The molecule has 212 valence electrons. The number of hydrogen-bond donors (Lipinski definition) is 2. The maximum atomic E-state index is 12.6. The number of anilines is 1. The molecule has 3 aromatic carbocycles. The number of H-pyrrole nitrogens is 1. The normalized spacial score (nSPS) is 12.2. The van der Waals surface area contributed by atoms with Crippen molar-refractivity contribution in [3.05, 3.63) is 77.9 Å². The number of aromatic hydroxyl groups is 1. The largest absolute Gasteiger partial charge is 0.494 e. The van der Waals surface area contributed by atoms with Gasteiger partial charge >= 0.3 is 0 Å². The standard InChI is InChI=1S/C30H36N4O5S/c1-6-33(7-2)17-18-34(40(5,36)37)23-15-13-22(14-16-23)31-29(21-11-9-8-10-12-21)28-24-19-26(38-3)27(39-4)20-25(24)32-30(28)35/h8-16,19-20,32,35H,6-7,17-18H2,1-5H3. The molecule has 0 bridgehead atoms. The van der Waals surface area contributed by atoms with Gasteiger partial charge in [-0.3, -0.25) is 4.31 Å². The number of benzene rings is 3. The van der Waals surface area contributed by atoms with E-state index in [9.17, 15) is 13.5 Å². The molecule has 2 N–H and O–H groups in total. The molecular weight excluding hydrogens is 528 g/mol. The lowest BCUT2D eigenvalue weighted by atomic mass is 10.0. The van der Waals surface area contributed by atoms with Gasteiger partial charge < -0.3 is 24.5 Å². The number of fused-ring (bicyclic) bond motifs is 1. The van der Waals surface area contributed by atoms with Crippen LogP contribution in [0.15, 0.2) is 71.7 Å². The third-order valence-corrected chi connectivity index (χ3v) is 8.05. The Morgan fingerprint density at radius 1 is 0.925 bits per heavy atom. The van der Waals surface area contributed by atoms with Crippen molar-refractivity contribution < 1.29 is 23.0 Å². The number of hydrogen-bond acceptors (Lipinski definition) is 7. The van der Waals surface area contributed by atoms with Gasteiger partial charge in [-0.15, -0.1) is 0 Å². The Bertz CT molecular complexity index is 1580. The maximum Gasteiger partial charge on any atom is 0.232 e. The summed E-state index contributed by atoms with van der Waals surface area (Å²) >= 11 is 0. The van der Waals surface area contributed by atoms with Crippen LogP contribution in [0.4, 0.5) is 11.4 Å². The number of likely N-dealkylation sites (N-methyl/N-ethyl adjacent to an activating group) is 1. The number of aromatic nitrogens is 1. The summed E-state index contributed by atoms with van der Waals surface area (Å²) in [6, 6.07) is 20.2. The Balaban J connectivity index is 1.79. The monoisotopic (exact) mass is 564 g/mol. The van der Waals surface area contributed by atoms with E-state index in [0.29, 0.717) is 58.1 Å². The lowest BCUT2D eigenvalue weighted by Crippen LogP contribution is -2.38. The molecule has 4 rings (SSSR count). The second-order valence-electron chi connectivity index (χ2n) is 9.31. The lowest BCUT2D eigenvalue weighted by molar-refractivity contribution is 0.313. The molecule has 0 unspecified atom stereocenters. The number of rotatable bonds is 12. The third kappa shape index (κ3) is 6.24. The smallest absolute Gasteiger partial charge is 0.232 e. The minimum absolute atomic E-state index is 0.0378. The van der Waals surface area contributed by atoms with Crippen molar-refractivity contribution in [2.45, 2.75) is 13.8 Å². The molecule has 9 nitrogen and oxygen atoms in total. The van der Waals surface area contributed by atoms with Crippen molar-refractivity contribution in [1.29, 1.82) is 0 Å². The molecule has 0 saturated heterocycles. The molecule has 0 aliphatic heterocycles. The van der Waals surface area contributed by atoms with Gasteiger partial charge in [-0.25, -0.2) is 13.4 Å². The minimum Gasteiger partial charge on any atom is -0.494 e. The van der Waals surface area contributed by atoms with Gasteiger partial charge in [-0.1, -0.05) is 44.2 Å². The van der Waals surface area contributed by atoms with Gasteiger partial charge in [0.1, 0.15) is 0 Å². The number of sulfonamides is 1. The molecule has 40 heavy (non-hydrogen) atoms. The van der Waals surface area contributed by atoms with Gasteiger partial charge in [0.15, 0.2) is 17.4 Å². The van der Waals surface area contributed by atoms with Crippen molar-refractivity contribution in [3.63, 3.8) is 0 Å². The van der Waals surface area contributed by atoms with Gasteiger partial charge in [-0.05, 0) is 43.4 Å². The zero-order chi connectivity index (χ0) is 28.9. The first-order chi connectivity index (χ1) is 19.2. The van der Waals surface area contributed by atoms with Crippen LogP contribution in [-0.4, -0.2) is 75.8 Å². The van der Waals surface area contributed by atoms with Gasteiger partial charge in [0.05, 0.1) is 48.6 Å². The fourth-order valence-corrected chi connectivity index (χ4v) is 5.61. The van der Waals surface area contributed by atoms with E-state index in [0.717, 1.165) is 18.7 Å². The van der Waals surface area contributed by atoms with Crippen LogP contribution >= 0.6 is 0 Å². The highest BCUT2D eigenvalue weighted by Gasteiger charge is 2.22. The molecule has 0 fully saturated rings. The quantitative estimate of drug-likeness (QED) is 0.230. The van der Waals surface area contributed by atoms with Crippen molar-refractivity contribution >= 4 is 38.0 Å². The molecule has 0 radical (unpaired) electrons. The third-order valence-electron chi connectivity index (χ3n) is 6.86. The van der Waals surface area contributed by atoms with Crippen molar-refractivity contribution in [1.82, 2.24) is 9.88 Å². The molecule has 0 atom stereocenters. The second-order valence-corrected chi connectivity index (χ2v) is 11.2. The average molecular weight is 565 g/mol. The summed E-state index contributed by atoms with van der Waals surface area (Å²) < 4.78 is 37.6. The number of methoxy groups -OCH3 is 2. The molecule has 1 aromatic heterocycles. The van der Waals surface area contributed by atoms with Crippen LogP contribution in [-0.2, 0) is 10.0 Å². The van der Waals surface area contributed by atoms with E-state index in [1.165, 1.54) is 10.6 Å². The highest BCUT2D eigenvalue weighted by atomic mass is 32.2. The summed E-state index contributed by atoms with van der Waals surface area (Å²) in [6.45, 7) is 6.80. The van der Waals surface area contributed by atoms with E-state index < -0.39 is 10.0 Å². The molecule has 10 heteroatoms. The SMILES string of the molecule is CCN(CC)CCN(c1ccc(N=C(c2ccccc2)c2c(O)[nH]c3cc(OC)c(OC)cc23)cc1)S(C)(=O)=O. The predicted molar refractivity (Wildman–Crippen MR) is 161 cm³/mol. The summed E-state index contributed by atoms with van der Waals surface area (Å²) in [4.78, 5) is 10.1. The molecule has 0 amide bonds. The second kappa shape index (κ2) is 12.4. The Hall–Kier alpha value is -4.02. The van der Waals surface area contributed by atoms with Crippen LogP contribution in [0.25, 0.3) is 10.9 Å². The Morgan fingerprint density at radius 2 is 1.55 bits per heavy atom. The summed E-state index contributed by atoms with van der Waals surface area (Å²) in [5.41, 5.74) is 3.71. The van der Waals surface area contributed by atoms with Crippen LogP contribution in [0.1, 0.15) is 25.0 Å². The fourth-order valence-electron chi connectivity index (χ4n) is 4.69. The molecule has 4 aromatic rings. The summed E-state index contributed by atoms with van der Waals surface area (Å²) in [7, 11) is -0.356. The Kier molecular flexibility index (Phi) is 9.01. The molecule has 0 aliphatic carbocycles. The zero-order valence-electron chi connectivity index (χ0n) is 23.5. The first-order valence-corrected chi connectivity index (χ1v) is 15.0. The van der Waals surface area contributed by atoms with Crippen LogP contribution in [0, 0.1) is 0 Å². The van der Waals surface area contributed by atoms with Gasteiger partial charge in [0.25, 0.3) is 0 Å². The topological polar surface area (TPSA) is 107 Å². The van der Waals surface area contributed by atoms with Crippen molar-refractivity contribution in [2.24, 2.45) is 4.99 Å². The first-order valence-electron chi connectivity index (χ1n) is 13.1. The zero-order valence-corrected chi connectivity index (χ0v) is 24.3. The maximum absolute atomic E-state index is 12.6. The number of aliphatic imine (C=N–C) groups is 1.